The maximum Gasteiger partial charge on any atom is 0.338 e. The van der Waals surface area contributed by atoms with Gasteiger partial charge >= 0.3 is 5.97 Å². The molecule has 2 aromatic carbocycles. The van der Waals surface area contributed by atoms with Crippen LogP contribution in [0.1, 0.15) is 41.0 Å². The van der Waals surface area contributed by atoms with Crippen molar-refractivity contribution in [3.05, 3.63) is 63.7 Å². The Balaban J connectivity index is 1.33. The third-order valence-electron chi connectivity index (χ3n) is 6.07. The molecule has 0 fully saturated rings. The molecular formula is C26H29N3O6. The number of fused-ring (bicyclic) bond motifs is 2. The van der Waals surface area contributed by atoms with Gasteiger partial charge in [-0.2, -0.15) is 0 Å². The summed E-state index contributed by atoms with van der Waals surface area (Å²) in [5.74, 6) is 0.963. The smallest absolute Gasteiger partial charge is 0.338 e. The van der Waals surface area contributed by atoms with Gasteiger partial charge in [0.1, 0.15) is 5.82 Å². The van der Waals surface area contributed by atoms with Gasteiger partial charge in [-0.15, -0.1) is 0 Å². The quantitative estimate of drug-likeness (QED) is 0.495. The zero-order valence-electron chi connectivity index (χ0n) is 20.0. The molecule has 0 radical (unpaired) electrons. The summed E-state index contributed by atoms with van der Waals surface area (Å²) >= 11 is 0. The first-order valence-corrected chi connectivity index (χ1v) is 11.7. The fraction of sp³-hybridized carbons (Fsp3) is 0.385. The Morgan fingerprint density at radius 3 is 2.66 bits per heavy atom. The van der Waals surface area contributed by atoms with Gasteiger partial charge in [0, 0.05) is 19.5 Å². The van der Waals surface area contributed by atoms with Crippen LogP contribution in [-0.2, 0) is 28.9 Å². The normalized spacial score (nSPS) is 13.0. The summed E-state index contributed by atoms with van der Waals surface area (Å²) in [5.41, 5.74) is 1.61. The summed E-state index contributed by atoms with van der Waals surface area (Å²) in [4.78, 5) is 42.1. The molecule has 2 heterocycles. The number of nitrogens with zero attached hydrogens (tertiary/aromatic N) is 2. The van der Waals surface area contributed by atoms with E-state index in [4.69, 9.17) is 14.2 Å². The predicted molar refractivity (Wildman–Crippen MR) is 130 cm³/mol. The molecule has 0 aliphatic carbocycles. The third kappa shape index (κ3) is 5.62. The van der Waals surface area contributed by atoms with Gasteiger partial charge in [0.05, 0.1) is 30.7 Å². The van der Waals surface area contributed by atoms with Crippen LogP contribution in [0.3, 0.4) is 0 Å². The summed E-state index contributed by atoms with van der Waals surface area (Å²) in [6.07, 6.45) is 4.33. The highest BCUT2D eigenvalue weighted by Gasteiger charge is 2.16. The summed E-state index contributed by atoms with van der Waals surface area (Å²) in [6, 6.07) is 10.2. The molecule has 1 N–H and O–H groups in total. The first kappa shape index (κ1) is 24.3. The van der Waals surface area contributed by atoms with Crippen molar-refractivity contribution >= 4 is 22.8 Å². The van der Waals surface area contributed by atoms with Crippen LogP contribution in [0, 0.1) is 0 Å². The Morgan fingerprint density at radius 2 is 1.86 bits per heavy atom. The van der Waals surface area contributed by atoms with Crippen LogP contribution in [0.2, 0.25) is 0 Å². The fourth-order valence-electron chi connectivity index (χ4n) is 4.19. The second-order valence-electron chi connectivity index (χ2n) is 8.39. The summed E-state index contributed by atoms with van der Waals surface area (Å²) in [6.45, 7) is 0.645. The van der Waals surface area contributed by atoms with Crippen molar-refractivity contribution in [1.82, 2.24) is 14.9 Å². The Labute approximate surface area is 203 Å². The lowest BCUT2D eigenvalue weighted by Crippen LogP contribution is -2.30. The van der Waals surface area contributed by atoms with Crippen molar-refractivity contribution in [1.29, 1.82) is 0 Å². The summed E-state index contributed by atoms with van der Waals surface area (Å²) in [7, 11) is 3.14. The molecule has 0 saturated carbocycles. The number of carbonyl (C=O) groups is 2. The van der Waals surface area contributed by atoms with E-state index in [-0.39, 0.29) is 11.1 Å². The molecule has 0 atom stereocenters. The molecule has 9 heteroatoms. The Bertz CT molecular complexity index is 1300. The number of carbonyl (C=O) groups excluding carboxylic acids is 2. The Morgan fingerprint density at radius 1 is 1.03 bits per heavy atom. The van der Waals surface area contributed by atoms with E-state index < -0.39 is 18.5 Å². The second kappa shape index (κ2) is 11.0. The molecule has 1 aromatic heterocycles. The van der Waals surface area contributed by atoms with E-state index in [2.05, 4.69) is 10.3 Å². The van der Waals surface area contributed by atoms with Gasteiger partial charge < -0.3 is 19.5 Å². The molecule has 0 saturated heterocycles. The third-order valence-corrected chi connectivity index (χ3v) is 6.07. The van der Waals surface area contributed by atoms with Gasteiger partial charge in [0.2, 0.25) is 0 Å². The highest BCUT2D eigenvalue weighted by Crippen LogP contribution is 2.27. The zero-order chi connectivity index (χ0) is 24.8. The largest absolute Gasteiger partial charge is 0.493 e. The van der Waals surface area contributed by atoms with E-state index in [1.165, 1.54) is 6.07 Å². The zero-order valence-corrected chi connectivity index (χ0v) is 20.0. The molecule has 3 aromatic rings. The maximum absolute atomic E-state index is 12.8. The number of ether oxygens (including phenoxy) is 3. The molecular weight excluding hydrogens is 450 g/mol. The number of esters is 1. The minimum Gasteiger partial charge on any atom is -0.493 e. The highest BCUT2D eigenvalue weighted by atomic mass is 16.5. The van der Waals surface area contributed by atoms with Crippen molar-refractivity contribution in [2.75, 3.05) is 27.4 Å². The molecule has 0 bridgehead atoms. The standard InChI is InChI=1S/C26H29N3O6/c1-33-21-10-7-17(14-22(21)34-2)11-12-27-24(30)16-35-26(32)18-8-9-19-20(15-18)28-23-6-4-3-5-13-29(23)25(19)31/h7-10,14-15H,3-6,11-13,16H2,1-2H3,(H,27,30). The second-order valence-corrected chi connectivity index (χ2v) is 8.39. The van der Waals surface area contributed by atoms with Crippen molar-refractivity contribution < 1.29 is 23.8 Å². The minimum absolute atomic E-state index is 0.0827. The number of methoxy groups -OCH3 is 2. The molecule has 1 amide bonds. The monoisotopic (exact) mass is 479 g/mol. The molecule has 35 heavy (non-hydrogen) atoms. The van der Waals surface area contributed by atoms with Gasteiger partial charge in [-0.3, -0.25) is 14.2 Å². The van der Waals surface area contributed by atoms with Gasteiger partial charge in [-0.05, 0) is 55.2 Å². The molecule has 4 rings (SSSR count). The SMILES string of the molecule is COc1ccc(CCNC(=O)COC(=O)c2ccc3c(=O)n4c(nc3c2)CCCCC4)cc1OC. The first-order chi connectivity index (χ1) is 17.0. The lowest BCUT2D eigenvalue weighted by atomic mass is 10.1. The van der Waals surface area contributed by atoms with Crippen LogP contribution in [0.25, 0.3) is 10.9 Å². The predicted octanol–water partition coefficient (Wildman–Crippen LogP) is 2.66. The van der Waals surface area contributed by atoms with Crippen LogP contribution >= 0.6 is 0 Å². The van der Waals surface area contributed by atoms with Crippen LogP contribution in [0.5, 0.6) is 11.5 Å². The van der Waals surface area contributed by atoms with Crippen LogP contribution in [-0.4, -0.2) is 48.8 Å². The van der Waals surface area contributed by atoms with E-state index in [1.54, 1.807) is 30.9 Å². The maximum atomic E-state index is 12.8. The van der Waals surface area contributed by atoms with Crippen LogP contribution in [0.15, 0.2) is 41.2 Å². The van der Waals surface area contributed by atoms with Gasteiger partial charge in [0.15, 0.2) is 18.1 Å². The summed E-state index contributed by atoms with van der Waals surface area (Å²) < 4.78 is 17.4. The number of hydrogen-bond acceptors (Lipinski definition) is 7. The molecule has 0 spiro atoms. The van der Waals surface area contributed by atoms with Gasteiger partial charge in [-0.1, -0.05) is 12.5 Å². The number of nitrogens with one attached hydrogen (secondary N) is 1. The Kier molecular flexibility index (Phi) is 7.64. The molecule has 9 nitrogen and oxygen atoms in total. The van der Waals surface area contributed by atoms with E-state index in [9.17, 15) is 14.4 Å². The van der Waals surface area contributed by atoms with Gasteiger partial charge in [0.25, 0.3) is 11.5 Å². The van der Waals surface area contributed by atoms with Crippen molar-refractivity contribution in [2.24, 2.45) is 0 Å². The van der Waals surface area contributed by atoms with Gasteiger partial charge in [-0.25, -0.2) is 9.78 Å². The van der Waals surface area contributed by atoms with Crippen molar-refractivity contribution in [3.63, 3.8) is 0 Å². The van der Waals surface area contributed by atoms with E-state index >= 15 is 0 Å². The lowest BCUT2D eigenvalue weighted by Gasteiger charge is -2.11. The Hall–Kier alpha value is -3.88. The van der Waals surface area contributed by atoms with E-state index in [1.807, 2.05) is 18.2 Å². The fourth-order valence-corrected chi connectivity index (χ4v) is 4.19. The molecule has 1 aliphatic rings. The number of aryl methyl sites for hydroxylation is 1. The topological polar surface area (TPSA) is 109 Å². The number of aromatic nitrogens is 2. The number of hydrogen-bond donors (Lipinski definition) is 1. The summed E-state index contributed by atoms with van der Waals surface area (Å²) in [5, 5.41) is 3.21. The van der Waals surface area contributed by atoms with Crippen LogP contribution < -0.4 is 20.3 Å². The first-order valence-electron chi connectivity index (χ1n) is 11.7. The average molecular weight is 480 g/mol. The minimum atomic E-state index is -0.640. The van der Waals surface area contributed by atoms with E-state index in [0.29, 0.717) is 41.9 Å². The van der Waals surface area contributed by atoms with Crippen molar-refractivity contribution in [2.45, 2.75) is 38.6 Å². The highest BCUT2D eigenvalue weighted by molar-refractivity contribution is 5.95. The average Bonchev–Trinajstić information content (AvgIpc) is 3.12. The van der Waals surface area contributed by atoms with Crippen molar-refractivity contribution in [3.8, 4) is 11.5 Å². The number of amides is 1. The van der Waals surface area contributed by atoms with E-state index in [0.717, 1.165) is 37.1 Å². The number of rotatable bonds is 8. The lowest BCUT2D eigenvalue weighted by molar-refractivity contribution is -0.124. The molecule has 0 unspecified atom stereocenters. The number of benzene rings is 2. The molecule has 1 aliphatic heterocycles. The molecule has 184 valence electrons. The van der Waals surface area contributed by atoms with Crippen LogP contribution in [0.4, 0.5) is 0 Å².